The third kappa shape index (κ3) is 1.50. The van der Waals surface area contributed by atoms with Crippen molar-refractivity contribution < 1.29 is 15.0 Å². The number of hydrogen-bond acceptors (Lipinski definition) is 3. The van der Waals surface area contributed by atoms with E-state index in [0.29, 0.717) is 5.56 Å². The average Bonchev–Trinajstić information content (AvgIpc) is 2.57. The van der Waals surface area contributed by atoms with E-state index >= 15 is 0 Å². The van der Waals surface area contributed by atoms with Crippen LogP contribution < -0.4 is 0 Å². The molecule has 2 fully saturated rings. The molecule has 4 nitrogen and oxygen atoms in total. The molecule has 5 rings (SSSR count). The van der Waals surface area contributed by atoms with E-state index in [9.17, 15) is 15.0 Å². The third-order valence-corrected chi connectivity index (χ3v) is 6.38. The summed E-state index contributed by atoms with van der Waals surface area (Å²) in [7, 11) is 0. The minimum absolute atomic E-state index is 0.00479. The first-order chi connectivity index (χ1) is 11.5. The fourth-order valence-corrected chi connectivity index (χ4v) is 5.26. The summed E-state index contributed by atoms with van der Waals surface area (Å²) in [5, 5.41) is 20.7. The smallest absolute Gasteiger partial charge is 0.254 e. The van der Waals surface area contributed by atoms with Crippen molar-refractivity contribution in [2.24, 2.45) is 5.92 Å². The number of aliphatic hydroxyl groups is 1. The average molecular weight is 321 g/mol. The first-order valence-electron chi connectivity index (χ1n) is 8.41. The number of phenols is 1. The van der Waals surface area contributed by atoms with E-state index in [2.05, 4.69) is 6.92 Å². The summed E-state index contributed by atoms with van der Waals surface area (Å²) in [4.78, 5) is 14.8. The van der Waals surface area contributed by atoms with Gasteiger partial charge in [-0.1, -0.05) is 31.2 Å². The van der Waals surface area contributed by atoms with E-state index in [1.165, 1.54) is 0 Å². The molecule has 2 aromatic carbocycles. The molecule has 5 atom stereocenters. The number of aromatic hydroxyl groups is 1. The van der Waals surface area contributed by atoms with Crippen molar-refractivity contribution in [2.75, 3.05) is 0 Å². The molecular weight excluding hydrogens is 302 g/mol. The van der Waals surface area contributed by atoms with Crippen molar-refractivity contribution >= 4 is 5.91 Å². The zero-order valence-electron chi connectivity index (χ0n) is 13.4. The molecule has 0 radical (unpaired) electrons. The number of phenolic OH excluding ortho intramolecular Hbond substituents is 1. The summed E-state index contributed by atoms with van der Waals surface area (Å²) in [6.45, 7) is 2.19. The number of fused-ring (bicyclic) bond motifs is 2. The Morgan fingerprint density at radius 1 is 1.21 bits per heavy atom. The highest BCUT2D eigenvalue weighted by molar-refractivity contribution is 5.95. The van der Waals surface area contributed by atoms with Crippen LogP contribution in [0.3, 0.4) is 0 Å². The molecular formula is C20H19NO3. The van der Waals surface area contributed by atoms with Crippen molar-refractivity contribution in [3.05, 3.63) is 65.2 Å². The lowest BCUT2D eigenvalue weighted by Crippen LogP contribution is -2.81. The Labute approximate surface area is 140 Å². The lowest BCUT2D eigenvalue weighted by Gasteiger charge is -2.73. The number of aliphatic hydroxyl groups excluding tert-OH is 1. The molecule has 4 heteroatoms. The number of nitrogens with zero attached hydrogens (tertiary/aromatic N) is 1. The molecule has 0 spiro atoms. The summed E-state index contributed by atoms with van der Waals surface area (Å²) >= 11 is 0. The molecule has 3 aliphatic rings. The van der Waals surface area contributed by atoms with Crippen molar-refractivity contribution in [3.8, 4) is 5.75 Å². The Morgan fingerprint density at radius 2 is 1.96 bits per heavy atom. The number of rotatable bonds is 1. The zero-order valence-corrected chi connectivity index (χ0v) is 13.4. The van der Waals surface area contributed by atoms with Crippen LogP contribution in [0.25, 0.3) is 0 Å². The molecule has 2 aliphatic carbocycles. The van der Waals surface area contributed by atoms with E-state index in [-0.39, 0.29) is 35.1 Å². The summed E-state index contributed by atoms with van der Waals surface area (Å²) in [5.74, 6) is 0.514. The first kappa shape index (κ1) is 14.1. The van der Waals surface area contributed by atoms with Crippen LogP contribution in [0.2, 0.25) is 0 Å². The predicted octanol–water partition coefficient (Wildman–Crippen LogP) is 2.61. The Kier molecular flexibility index (Phi) is 2.57. The van der Waals surface area contributed by atoms with Gasteiger partial charge in [-0.3, -0.25) is 4.79 Å². The molecule has 122 valence electrons. The van der Waals surface area contributed by atoms with Crippen LogP contribution in [0.5, 0.6) is 5.75 Å². The quantitative estimate of drug-likeness (QED) is 0.849. The maximum Gasteiger partial charge on any atom is 0.254 e. The minimum Gasteiger partial charge on any atom is -0.508 e. The molecule has 2 aromatic rings. The van der Waals surface area contributed by atoms with Gasteiger partial charge >= 0.3 is 0 Å². The highest BCUT2D eigenvalue weighted by Gasteiger charge is 2.71. The van der Waals surface area contributed by atoms with Gasteiger partial charge in [0.2, 0.25) is 0 Å². The number of hydrogen-bond donors (Lipinski definition) is 2. The summed E-state index contributed by atoms with van der Waals surface area (Å²) in [5.41, 5.74) is 2.50. The third-order valence-electron chi connectivity index (χ3n) is 6.38. The normalized spacial score (nSPS) is 35.3. The highest BCUT2D eigenvalue weighted by Crippen LogP contribution is 2.66. The van der Waals surface area contributed by atoms with Crippen LogP contribution in [0.4, 0.5) is 0 Å². The maximum atomic E-state index is 12.9. The molecule has 1 saturated carbocycles. The predicted molar refractivity (Wildman–Crippen MR) is 88.7 cm³/mol. The van der Waals surface area contributed by atoms with E-state index < -0.39 is 6.10 Å². The number of piperidine rings is 1. The SMILES string of the molecule is C[C@@]12CC3[C@H]1[C@@H]([C@@H](O)c1ccc(O)cc12)N3C(=O)c1ccccc1. The van der Waals surface area contributed by atoms with Crippen LogP contribution in [0.15, 0.2) is 48.5 Å². The second kappa shape index (κ2) is 4.39. The van der Waals surface area contributed by atoms with Crippen LogP contribution in [-0.2, 0) is 5.41 Å². The monoisotopic (exact) mass is 321 g/mol. The van der Waals surface area contributed by atoms with Crippen molar-refractivity contribution in [1.82, 2.24) is 4.90 Å². The minimum atomic E-state index is -0.692. The lowest BCUT2D eigenvalue weighted by atomic mass is 9.43. The van der Waals surface area contributed by atoms with Crippen molar-refractivity contribution in [3.63, 3.8) is 0 Å². The summed E-state index contributed by atoms with van der Waals surface area (Å²) < 4.78 is 0. The molecule has 1 amide bonds. The number of carbonyl (C=O) groups is 1. The molecule has 2 N–H and O–H groups in total. The van der Waals surface area contributed by atoms with Gasteiger partial charge in [0.1, 0.15) is 11.9 Å². The number of likely N-dealkylation sites (tertiary alicyclic amines) is 1. The van der Waals surface area contributed by atoms with Gasteiger partial charge in [-0.25, -0.2) is 0 Å². The Balaban J connectivity index is 1.56. The van der Waals surface area contributed by atoms with Gasteiger partial charge in [0.05, 0.1) is 6.04 Å². The second-order valence-corrected chi connectivity index (χ2v) is 7.50. The van der Waals surface area contributed by atoms with E-state index in [4.69, 9.17) is 0 Å². The van der Waals surface area contributed by atoms with Gasteiger partial charge in [-0.2, -0.15) is 0 Å². The van der Waals surface area contributed by atoms with E-state index in [1.54, 1.807) is 18.2 Å². The van der Waals surface area contributed by atoms with Gasteiger partial charge < -0.3 is 15.1 Å². The first-order valence-corrected chi connectivity index (χ1v) is 8.41. The molecule has 1 heterocycles. The molecule has 0 aromatic heterocycles. The molecule has 0 bridgehead atoms. The van der Waals surface area contributed by atoms with Crippen LogP contribution in [-0.4, -0.2) is 33.1 Å². The number of carbonyl (C=O) groups excluding carboxylic acids is 1. The molecule has 24 heavy (non-hydrogen) atoms. The largest absolute Gasteiger partial charge is 0.508 e. The van der Waals surface area contributed by atoms with Crippen molar-refractivity contribution in [1.29, 1.82) is 0 Å². The van der Waals surface area contributed by atoms with Gasteiger partial charge in [0.15, 0.2) is 0 Å². The van der Waals surface area contributed by atoms with Crippen LogP contribution >= 0.6 is 0 Å². The van der Waals surface area contributed by atoms with Crippen LogP contribution in [0, 0.1) is 5.92 Å². The Hall–Kier alpha value is -2.33. The lowest BCUT2D eigenvalue weighted by molar-refractivity contribution is -0.195. The Morgan fingerprint density at radius 3 is 2.71 bits per heavy atom. The summed E-state index contributed by atoms with van der Waals surface area (Å²) in [6.07, 6.45) is 0.193. The van der Waals surface area contributed by atoms with E-state index in [1.807, 2.05) is 35.2 Å². The standard InChI is InChI=1S/C20H19NO3/c1-20-10-15-16(20)17(18(23)13-8-7-12(22)9-14(13)20)21(15)19(24)11-5-3-2-4-6-11/h2-9,15-18,22-23H,10H2,1H3/t15?,16-,17-,18-,20-/m0/s1. The topological polar surface area (TPSA) is 60.8 Å². The van der Waals surface area contributed by atoms with Crippen LogP contribution in [0.1, 0.15) is 40.9 Å². The van der Waals surface area contributed by atoms with Gasteiger partial charge in [-0.05, 0) is 41.8 Å². The Bertz CT molecular complexity index is 849. The van der Waals surface area contributed by atoms with E-state index in [0.717, 1.165) is 17.5 Å². The van der Waals surface area contributed by atoms with Gasteiger partial charge in [-0.15, -0.1) is 0 Å². The summed E-state index contributed by atoms with van der Waals surface area (Å²) in [6, 6.07) is 14.5. The second-order valence-electron chi connectivity index (χ2n) is 7.50. The van der Waals surface area contributed by atoms with Crippen molar-refractivity contribution in [2.45, 2.75) is 36.9 Å². The molecule has 1 saturated heterocycles. The van der Waals surface area contributed by atoms with Gasteiger partial charge in [0.25, 0.3) is 5.91 Å². The number of benzene rings is 2. The molecule has 1 aliphatic heterocycles. The fourth-order valence-electron chi connectivity index (χ4n) is 5.26. The fraction of sp³-hybridized carbons (Fsp3) is 0.350. The molecule has 1 unspecified atom stereocenters. The highest BCUT2D eigenvalue weighted by atomic mass is 16.3. The number of amides is 1. The van der Waals surface area contributed by atoms with Gasteiger partial charge in [0, 0.05) is 22.9 Å². The maximum absolute atomic E-state index is 12.9. The zero-order chi connectivity index (χ0) is 16.6.